The summed E-state index contributed by atoms with van der Waals surface area (Å²) in [5.74, 6) is -0.402. The molecule has 1 aromatic heterocycles. The van der Waals surface area contributed by atoms with Gasteiger partial charge in [-0.3, -0.25) is 19.6 Å². The van der Waals surface area contributed by atoms with Gasteiger partial charge in [-0.25, -0.2) is 4.39 Å². The third-order valence-electron chi connectivity index (χ3n) is 4.38. The molecule has 0 N–H and O–H groups in total. The third-order valence-corrected chi connectivity index (χ3v) is 4.38. The number of halogens is 1. The third kappa shape index (κ3) is 3.59. The predicted molar refractivity (Wildman–Crippen MR) is 88.8 cm³/mol. The number of benzene rings is 1. The fourth-order valence-electron chi connectivity index (χ4n) is 2.87. The highest BCUT2D eigenvalue weighted by molar-refractivity contribution is 5.76. The zero-order chi connectivity index (χ0) is 18.0. The maximum Gasteiger partial charge on any atom is 0.309 e. The number of rotatable bonds is 4. The quantitative estimate of drug-likeness (QED) is 0.619. The number of carbonyl (C=O) groups is 1. The van der Waals surface area contributed by atoms with E-state index in [4.69, 9.17) is 0 Å². The number of piperazine rings is 1. The zero-order valence-corrected chi connectivity index (χ0v) is 13.8. The molecule has 1 aromatic carbocycles. The van der Waals surface area contributed by atoms with E-state index in [-0.39, 0.29) is 24.0 Å². The Morgan fingerprint density at radius 1 is 1.24 bits per heavy atom. The molecule has 0 spiro atoms. The Kier molecular flexibility index (Phi) is 4.64. The molecule has 1 fully saturated rings. The van der Waals surface area contributed by atoms with Crippen molar-refractivity contribution in [2.24, 2.45) is 0 Å². The molecular weight excluding hydrogens is 329 g/mol. The fourth-order valence-corrected chi connectivity index (χ4v) is 2.87. The topological polar surface area (TPSA) is 84.5 Å². The van der Waals surface area contributed by atoms with Gasteiger partial charge < -0.3 is 9.80 Å². The molecule has 2 aromatic rings. The largest absolute Gasteiger partial charge is 0.368 e. The van der Waals surface area contributed by atoms with Gasteiger partial charge in [0.2, 0.25) is 5.91 Å². The Labute approximate surface area is 143 Å². The van der Waals surface area contributed by atoms with Crippen LogP contribution in [0.2, 0.25) is 0 Å². The molecule has 8 nitrogen and oxygen atoms in total. The van der Waals surface area contributed by atoms with E-state index in [1.165, 1.54) is 16.8 Å². The lowest BCUT2D eigenvalue weighted by Gasteiger charge is -2.36. The van der Waals surface area contributed by atoms with E-state index in [0.29, 0.717) is 31.9 Å². The molecule has 1 amide bonds. The maximum absolute atomic E-state index is 13.0. The SMILES string of the molecule is Cc1c([N+](=O)[O-])cnn1CC(=O)N1CCN(c2ccc(F)cc2)CC1. The van der Waals surface area contributed by atoms with Crippen LogP contribution in [0.25, 0.3) is 0 Å². The van der Waals surface area contributed by atoms with Crippen molar-refractivity contribution < 1.29 is 14.1 Å². The summed E-state index contributed by atoms with van der Waals surface area (Å²) >= 11 is 0. The summed E-state index contributed by atoms with van der Waals surface area (Å²) < 4.78 is 14.3. The van der Waals surface area contributed by atoms with Crippen molar-refractivity contribution in [2.75, 3.05) is 31.1 Å². The molecule has 25 heavy (non-hydrogen) atoms. The Morgan fingerprint density at radius 2 is 1.88 bits per heavy atom. The van der Waals surface area contributed by atoms with Crippen molar-refractivity contribution in [1.82, 2.24) is 14.7 Å². The highest BCUT2D eigenvalue weighted by Gasteiger charge is 2.24. The number of hydrogen-bond acceptors (Lipinski definition) is 5. The molecule has 0 unspecified atom stereocenters. The molecule has 0 bridgehead atoms. The van der Waals surface area contributed by atoms with Gasteiger partial charge in [0.1, 0.15) is 24.3 Å². The normalized spacial score (nSPS) is 14.6. The summed E-state index contributed by atoms with van der Waals surface area (Å²) in [6.45, 7) is 3.93. The van der Waals surface area contributed by atoms with Crippen LogP contribution >= 0.6 is 0 Å². The van der Waals surface area contributed by atoms with Crippen molar-refractivity contribution >= 4 is 17.3 Å². The molecule has 0 saturated carbocycles. The average molecular weight is 347 g/mol. The minimum absolute atomic E-state index is 0.0176. The monoisotopic (exact) mass is 347 g/mol. The molecule has 0 aliphatic carbocycles. The van der Waals surface area contributed by atoms with Crippen LogP contribution in [-0.2, 0) is 11.3 Å². The van der Waals surface area contributed by atoms with Crippen molar-refractivity contribution in [3.63, 3.8) is 0 Å². The Morgan fingerprint density at radius 3 is 2.44 bits per heavy atom. The lowest BCUT2D eigenvalue weighted by Crippen LogP contribution is -2.49. The standard InChI is InChI=1S/C16H18FN5O3/c1-12-15(22(24)25)10-18-21(12)11-16(23)20-8-6-19(7-9-20)14-4-2-13(17)3-5-14/h2-5,10H,6-9,11H2,1H3. The number of nitrogens with zero attached hydrogens (tertiary/aromatic N) is 5. The van der Waals surface area contributed by atoms with E-state index in [1.54, 1.807) is 24.0 Å². The van der Waals surface area contributed by atoms with Crippen LogP contribution in [0.15, 0.2) is 30.5 Å². The number of carbonyl (C=O) groups excluding carboxylic acids is 1. The van der Waals surface area contributed by atoms with Gasteiger partial charge in [0.15, 0.2) is 0 Å². The molecule has 0 radical (unpaired) electrons. The first-order valence-electron chi connectivity index (χ1n) is 7.91. The van der Waals surface area contributed by atoms with E-state index in [1.807, 2.05) is 0 Å². The zero-order valence-electron chi connectivity index (χ0n) is 13.8. The van der Waals surface area contributed by atoms with E-state index in [2.05, 4.69) is 10.00 Å². The van der Waals surface area contributed by atoms with E-state index in [9.17, 15) is 19.3 Å². The first-order valence-corrected chi connectivity index (χ1v) is 7.91. The number of nitro groups is 1. The van der Waals surface area contributed by atoms with Crippen molar-refractivity contribution in [1.29, 1.82) is 0 Å². The van der Waals surface area contributed by atoms with Crippen molar-refractivity contribution in [3.8, 4) is 0 Å². The summed E-state index contributed by atoms with van der Waals surface area (Å²) in [5, 5.41) is 14.8. The van der Waals surface area contributed by atoms with Gasteiger partial charge in [0.05, 0.1) is 4.92 Å². The molecule has 0 atom stereocenters. The molecule has 1 aliphatic heterocycles. The summed E-state index contributed by atoms with van der Waals surface area (Å²) in [6, 6.07) is 6.28. The maximum atomic E-state index is 13.0. The van der Waals surface area contributed by atoms with Crippen LogP contribution in [0.3, 0.4) is 0 Å². The van der Waals surface area contributed by atoms with Crippen LogP contribution in [0, 0.1) is 22.9 Å². The van der Waals surface area contributed by atoms with Gasteiger partial charge in [-0.05, 0) is 31.2 Å². The van der Waals surface area contributed by atoms with Gasteiger partial charge >= 0.3 is 5.69 Å². The van der Waals surface area contributed by atoms with Crippen LogP contribution < -0.4 is 4.90 Å². The fraction of sp³-hybridized carbons (Fsp3) is 0.375. The molecule has 3 rings (SSSR count). The molecule has 1 saturated heterocycles. The number of anilines is 1. The van der Waals surface area contributed by atoms with E-state index in [0.717, 1.165) is 11.9 Å². The van der Waals surface area contributed by atoms with Crippen LogP contribution in [0.1, 0.15) is 5.69 Å². The van der Waals surface area contributed by atoms with Gasteiger partial charge in [-0.1, -0.05) is 0 Å². The molecule has 9 heteroatoms. The lowest BCUT2D eigenvalue weighted by atomic mass is 10.2. The molecular formula is C16H18FN5O3. The summed E-state index contributed by atoms with van der Waals surface area (Å²) in [7, 11) is 0. The molecule has 2 heterocycles. The minimum Gasteiger partial charge on any atom is -0.368 e. The second-order valence-electron chi connectivity index (χ2n) is 5.87. The Bertz CT molecular complexity index is 782. The first kappa shape index (κ1) is 16.9. The minimum atomic E-state index is -0.509. The van der Waals surface area contributed by atoms with Crippen molar-refractivity contribution in [2.45, 2.75) is 13.5 Å². The van der Waals surface area contributed by atoms with Gasteiger partial charge in [-0.15, -0.1) is 0 Å². The number of amides is 1. The number of aromatic nitrogens is 2. The molecule has 1 aliphatic rings. The van der Waals surface area contributed by atoms with Gasteiger partial charge in [0.25, 0.3) is 0 Å². The van der Waals surface area contributed by atoms with E-state index >= 15 is 0 Å². The van der Waals surface area contributed by atoms with Crippen LogP contribution in [-0.4, -0.2) is 51.7 Å². The Hall–Kier alpha value is -2.97. The van der Waals surface area contributed by atoms with Gasteiger partial charge in [-0.2, -0.15) is 5.10 Å². The first-order chi connectivity index (χ1) is 12.0. The second-order valence-corrected chi connectivity index (χ2v) is 5.87. The smallest absolute Gasteiger partial charge is 0.309 e. The van der Waals surface area contributed by atoms with Gasteiger partial charge in [0, 0.05) is 31.9 Å². The number of hydrogen-bond donors (Lipinski definition) is 0. The Balaban J connectivity index is 1.58. The second kappa shape index (κ2) is 6.88. The molecule has 132 valence electrons. The van der Waals surface area contributed by atoms with Crippen LogP contribution in [0.4, 0.5) is 15.8 Å². The summed E-state index contributed by atoms with van der Waals surface area (Å²) in [6.07, 6.45) is 1.16. The highest BCUT2D eigenvalue weighted by Crippen LogP contribution is 2.18. The summed E-state index contributed by atoms with van der Waals surface area (Å²) in [4.78, 5) is 26.6. The lowest BCUT2D eigenvalue weighted by molar-refractivity contribution is -0.385. The highest BCUT2D eigenvalue weighted by atomic mass is 19.1. The van der Waals surface area contributed by atoms with Crippen LogP contribution in [0.5, 0.6) is 0 Å². The predicted octanol–water partition coefficient (Wildman–Crippen LogP) is 1.59. The average Bonchev–Trinajstić information content (AvgIpc) is 2.96. The van der Waals surface area contributed by atoms with Crippen molar-refractivity contribution in [3.05, 3.63) is 52.1 Å². The summed E-state index contributed by atoms with van der Waals surface area (Å²) in [5.41, 5.74) is 1.20. The van der Waals surface area contributed by atoms with E-state index < -0.39 is 4.92 Å².